The summed E-state index contributed by atoms with van der Waals surface area (Å²) in [7, 11) is -3.28. The van der Waals surface area contributed by atoms with Gasteiger partial charge in [0.25, 0.3) is 5.91 Å². The first-order chi connectivity index (χ1) is 18.1. The molecule has 1 aliphatic heterocycles. The van der Waals surface area contributed by atoms with Crippen LogP contribution in [0.3, 0.4) is 0 Å². The van der Waals surface area contributed by atoms with Crippen LogP contribution in [0.25, 0.3) is 0 Å². The average molecular weight is 535 g/mol. The van der Waals surface area contributed by atoms with Crippen molar-refractivity contribution >= 4 is 33.0 Å². The average Bonchev–Trinajstić information content (AvgIpc) is 3.46. The van der Waals surface area contributed by atoms with Crippen molar-refractivity contribution in [2.24, 2.45) is 0 Å². The van der Waals surface area contributed by atoms with E-state index < -0.39 is 15.4 Å². The van der Waals surface area contributed by atoms with E-state index in [0.29, 0.717) is 23.4 Å². The van der Waals surface area contributed by atoms with E-state index in [0.717, 1.165) is 18.5 Å². The molecule has 8 heteroatoms. The summed E-state index contributed by atoms with van der Waals surface area (Å²) in [5.41, 5.74) is 2.02. The quantitative estimate of drug-likeness (QED) is 0.404. The molecule has 1 aliphatic rings. The highest BCUT2D eigenvalue weighted by atomic mass is 32.2. The molecule has 4 rings (SSSR count). The molecule has 200 valence electrons. The molecule has 0 saturated carbocycles. The van der Waals surface area contributed by atoms with Crippen LogP contribution in [0, 0.1) is 0 Å². The van der Waals surface area contributed by atoms with Crippen LogP contribution in [-0.2, 0) is 25.8 Å². The van der Waals surface area contributed by atoms with E-state index in [9.17, 15) is 18.0 Å². The van der Waals surface area contributed by atoms with Crippen LogP contribution in [0.2, 0.25) is 0 Å². The molecule has 0 radical (unpaired) electrons. The summed E-state index contributed by atoms with van der Waals surface area (Å²) in [5, 5.41) is 2.85. The Morgan fingerprint density at radius 1 is 0.974 bits per heavy atom. The third-order valence-corrected chi connectivity index (χ3v) is 8.70. The fourth-order valence-electron chi connectivity index (χ4n) is 4.76. The van der Waals surface area contributed by atoms with Crippen LogP contribution in [0.1, 0.15) is 49.5 Å². The Morgan fingerprint density at radius 2 is 1.63 bits per heavy atom. The molecule has 0 bridgehead atoms. The zero-order valence-electron chi connectivity index (χ0n) is 22.0. The first kappa shape index (κ1) is 27.5. The summed E-state index contributed by atoms with van der Waals surface area (Å²) in [6.45, 7) is 6.36. The van der Waals surface area contributed by atoms with Crippen molar-refractivity contribution in [3.8, 4) is 0 Å². The Morgan fingerprint density at radius 3 is 2.21 bits per heavy atom. The summed E-state index contributed by atoms with van der Waals surface area (Å²) in [6.07, 6.45) is 1.90. The van der Waals surface area contributed by atoms with Crippen LogP contribution < -0.4 is 10.2 Å². The highest BCUT2D eigenvalue weighted by molar-refractivity contribution is 7.91. The van der Waals surface area contributed by atoms with Crippen LogP contribution in [-0.4, -0.2) is 44.2 Å². The van der Waals surface area contributed by atoms with E-state index in [-0.39, 0.29) is 35.0 Å². The Bertz CT molecular complexity index is 1360. The van der Waals surface area contributed by atoms with Gasteiger partial charge in [0.15, 0.2) is 9.84 Å². The molecule has 1 saturated heterocycles. The Balaban J connectivity index is 1.46. The summed E-state index contributed by atoms with van der Waals surface area (Å²) in [4.78, 5) is 28.4. The normalized spacial score (nSPS) is 15.7. The van der Waals surface area contributed by atoms with Crippen molar-refractivity contribution in [2.45, 2.75) is 56.6 Å². The molecule has 38 heavy (non-hydrogen) atoms. The number of hydrogen-bond acceptors (Lipinski definition) is 5. The zero-order chi connectivity index (χ0) is 27.3. The van der Waals surface area contributed by atoms with Crippen molar-refractivity contribution in [3.05, 3.63) is 90.0 Å². The molecule has 3 aromatic rings. The van der Waals surface area contributed by atoms with Crippen molar-refractivity contribution < 1.29 is 22.7 Å². The van der Waals surface area contributed by atoms with Gasteiger partial charge in [-0.1, -0.05) is 37.3 Å². The van der Waals surface area contributed by atoms with Gasteiger partial charge in [-0.2, -0.15) is 0 Å². The number of nitrogens with zero attached hydrogens (tertiary/aromatic N) is 1. The number of ether oxygens (including phenoxy) is 1. The SMILES string of the molecule is CCS(=O)(=O)c1ccc(CC(=O)Nc2ccc(C(=O)N(c3ccccc3)C(C)(C)C3CCCO3)cc2)cc1. The number of hydrogen-bond donors (Lipinski definition) is 1. The van der Waals surface area contributed by atoms with Gasteiger partial charge >= 0.3 is 0 Å². The molecule has 0 aromatic heterocycles. The molecule has 7 nitrogen and oxygen atoms in total. The van der Waals surface area contributed by atoms with E-state index in [1.54, 1.807) is 48.2 Å². The second kappa shape index (κ2) is 11.5. The maximum Gasteiger partial charge on any atom is 0.258 e. The van der Waals surface area contributed by atoms with Crippen LogP contribution >= 0.6 is 0 Å². The summed E-state index contributed by atoms with van der Waals surface area (Å²) in [6, 6.07) is 22.8. The van der Waals surface area contributed by atoms with Gasteiger partial charge in [0.05, 0.1) is 28.7 Å². The topological polar surface area (TPSA) is 92.8 Å². The lowest BCUT2D eigenvalue weighted by Gasteiger charge is -2.42. The number of para-hydroxylation sites is 1. The lowest BCUT2D eigenvalue weighted by molar-refractivity contribution is -0.115. The number of carbonyl (C=O) groups is 2. The van der Waals surface area contributed by atoms with Gasteiger partial charge in [0.1, 0.15) is 0 Å². The van der Waals surface area contributed by atoms with Crippen LogP contribution in [0.5, 0.6) is 0 Å². The first-order valence-electron chi connectivity index (χ1n) is 12.8. The van der Waals surface area contributed by atoms with E-state index in [4.69, 9.17) is 4.74 Å². The second-order valence-corrected chi connectivity index (χ2v) is 12.3. The predicted octanol–water partition coefficient (Wildman–Crippen LogP) is 5.27. The Hall–Kier alpha value is -3.49. The third kappa shape index (κ3) is 6.14. The van der Waals surface area contributed by atoms with E-state index in [1.807, 2.05) is 44.2 Å². The molecular weight excluding hydrogens is 500 g/mol. The zero-order valence-corrected chi connectivity index (χ0v) is 22.8. The smallest absolute Gasteiger partial charge is 0.258 e. The number of benzene rings is 3. The number of carbonyl (C=O) groups excluding carboxylic acids is 2. The van der Waals surface area contributed by atoms with Gasteiger partial charge in [0.2, 0.25) is 5.91 Å². The lowest BCUT2D eigenvalue weighted by Crippen LogP contribution is -2.55. The minimum Gasteiger partial charge on any atom is -0.376 e. The minimum absolute atomic E-state index is 0.0281. The van der Waals surface area contributed by atoms with Crippen LogP contribution in [0.15, 0.2) is 83.8 Å². The first-order valence-corrected chi connectivity index (χ1v) is 14.5. The van der Waals surface area contributed by atoms with Crippen LogP contribution in [0.4, 0.5) is 11.4 Å². The van der Waals surface area contributed by atoms with Crippen molar-refractivity contribution in [1.82, 2.24) is 0 Å². The minimum atomic E-state index is -3.28. The second-order valence-electron chi connectivity index (χ2n) is 9.98. The largest absolute Gasteiger partial charge is 0.376 e. The molecule has 1 N–H and O–H groups in total. The number of rotatable bonds is 9. The molecular formula is C30H34N2O5S. The molecule has 3 aromatic carbocycles. The molecule has 1 fully saturated rings. The molecule has 1 unspecified atom stereocenters. The summed E-state index contributed by atoms with van der Waals surface area (Å²) >= 11 is 0. The predicted molar refractivity (Wildman–Crippen MR) is 149 cm³/mol. The number of nitrogens with one attached hydrogen (secondary N) is 1. The highest BCUT2D eigenvalue weighted by Crippen LogP contribution is 2.34. The van der Waals surface area contributed by atoms with Gasteiger partial charge in [-0.05, 0) is 80.8 Å². The van der Waals surface area contributed by atoms with E-state index in [2.05, 4.69) is 5.32 Å². The van der Waals surface area contributed by atoms with Gasteiger partial charge in [-0.3, -0.25) is 9.59 Å². The van der Waals surface area contributed by atoms with Gasteiger partial charge in [0, 0.05) is 23.5 Å². The maximum absolute atomic E-state index is 13.8. The fraction of sp³-hybridized carbons (Fsp3) is 0.333. The highest BCUT2D eigenvalue weighted by Gasteiger charge is 2.41. The molecule has 1 atom stereocenters. The van der Waals surface area contributed by atoms with Crippen molar-refractivity contribution in [2.75, 3.05) is 22.6 Å². The molecule has 0 aliphatic carbocycles. The number of sulfone groups is 1. The number of amides is 2. The van der Waals surface area contributed by atoms with Crippen molar-refractivity contribution in [3.63, 3.8) is 0 Å². The summed E-state index contributed by atoms with van der Waals surface area (Å²) < 4.78 is 29.9. The fourth-order valence-corrected chi connectivity index (χ4v) is 5.65. The Kier molecular flexibility index (Phi) is 8.33. The third-order valence-electron chi connectivity index (χ3n) is 6.95. The molecule has 2 amide bonds. The monoisotopic (exact) mass is 534 g/mol. The van der Waals surface area contributed by atoms with E-state index in [1.165, 1.54) is 12.1 Å². The standard InChI is InChI=1S/C30H34N2O5S/c1-4-38(35,36)26-18-12-22(13-19-26)21-28(33)31-24-16-14-23(15-17-24)29(34)32(25-9-6-5-7-10-25)30(2,3)27-11-8-20-37-27/h5-7,9-10,12-19,27H,4,8,11,20-21H2,1-3H3,(H,31,33). The van der Waals surface area contributed by atoms with E-state index >= 15 is 0 Å². The lowest BCUT2D eigenvalue weighted by atomic mass is 9.91. The number of anilines is 2. The molecule has 1 heterocycles. The molecule has 0 spiro atoms. The Labute approximate surface area is 224 Å². The maximum atomic E-state index is 13.8. The van der Waals surface area contributed by atoms with Gasteiger partial charge in [-0.15, -0.1) is 0 Å². The van der Waals surface area contributed by atoms with Gasteiger partial charge < -0.3 is 15.0 Å². The van der Waals surface area contributed by atoms with Crippen molar-refractivity contribution in [1.29, 1.82) is 0 Å². The summed E-state index contributed by atoms with van der Waals surface area (Å²) in [5.74, 6) is -0.349. The van der Waals surface area contributed by atoms with Gasteiger partial charge in [-0.25, -0.2) is 8.42 Å².